The zero-order valence-corrected chi connectivity index (χ0v) is 23.8. The Kier molecular flexibility index (Phi) is 7.70. The third-order valence-corrected chi connectivity index (χ3v) is 7.59. The molecule has 7 nitrogen and oxygen atoms in total. The average molecular weight is 560 g/mol. The van der Waals surface area contributed by atoms with E-state index < -0.39 is 0 Å². The summed E-state index contributed by atoms with van der Waals surface area (Å²) in [5.41, 5.74) is 7.90. The maximum atomic E-state index is 12.1. The van der Waals surface area contributed by atoms with Crippen molar-refractivity contribution in [3.8, 4) is 5.69 Å². The molecule has 9 heteroatoms. The minimum atomic E-state index is -0.276. The molecule has 1 amide bonds. The summed E-state index contributed by atoms with van der Waals surface area (Å²) in [6.45, 7) is 6.29. The molecule has 2 aromatic heterocycles. The van der Waals surface area contributed by atoms with Gasteiger partial charge in [-0.2, -0.15) is 0 Å². The van der Waals surface area contributed by atoms with Crippen molar-refractivity contribution < 1.29 is 9.53 Å². The second-order valence-corrected chi connectivity index (χ2v) is 10.4. The second-order valence-electron chi connectivity index (χ2n) is 9.64. The molecule has 2 N–H and O–H groups in total. The third kappa shape index (κ3) is 5.28. The number of carbonyl (C=O) groups is 1. The fourth-order valence-corrected chi connectivity index (χ4v) is 5.77. The summed E-state index contributed by atoms with van der Waals surface area (Å²) in [6, 6.07) is 21.8. The Bertz CT molecular complexity index is 1520. The lowest BCUT2D eigenvalue weighted by atomic mass is 9.96. The fourth-order valence-electron chi connectivity index (χ4n) is 5.20. The van der Waals surface area contributed by atoms with Gasteiger partial charge in [-0.05, 0) is 87.1 Å². The minimum Gasteiger partial charge on any atom is -0.375 e. The molecule has 1 saturated heterocycles. The van der Waals surface area contributed by atoms with Crippen molar-refractivity contribution in [1.82, 2.24) is 14.9 Å². The number of benzene rings is 2. The average Bonchev–Trinajstić information content (AvgIpc) is 3.41. The number of hydrogen-bond donors (Lipinski definition) is 2. The topological polar surface area (TPSA) is 71.4 Å². The molecule has 1 fully saturated rings. The fraction of sp³-hybridized carbons (Fsp3) is 0.233. The number of aryl methyl sites for hydroxylation is 2. The molecule has 2 atom stereocenters. The number of halogens is 1. The lowest BCUT2D eigenvalue weighted by Crippen LogP contribution is -2.29. The summed E-state index contributed by atoms with van der Waals surface area (Å²) in [5, 5.41) is 7.27. The summed E-state index contributed by atoms with van der Waals surface area (Å²) in [6.07, 6.45) is 1.80. The summed E-state index contributed by atoms with van der Waals surface area (Å²) < 4.78 is 7.18. The van der Waals surface area contributed by atoms with Gasteiger partial charge in [0.2, 0.25) is 5.91 Å². The largest absolute Gasteiger partial charge is 0.375 e. The van der Waals surface area contributed by atoms with Crippen molar-refractivity contribution in [3.05, 3.63) is 106 Å². The third-order valence-electron chi connectivity index (χ3n) is 6.96. The van der Waals surface area contributed by atoms with E-state index in [1.807, 2.05) is 30.3 Å². The molecule has 0 bridgehead atoms. The van der Waals surface area contributed by atoms with Gasteiger partial charge >= 0.3 is 0 Å². The van der Waals surface area contributed by atoms with Crippen LogP contribution < -0.4 is 15.5 Å². The highest BCUT2D eigenvalue weighted by Crippen LogP contribution is 2.44. The molecule has 5 rings (SSSR count). The van der Waals surface area contributed by atoms with Crippen molar-refractivity contribution >= 4 is 46.2 Å². The van der Waals surface area contributed by atoms with E-state index in [0.29, 0.717) is 15.8 Å². The van der Waals surface area contributed by atoms with Crippen LogP contribution in [-0.2, 0) is 9.53 Å². The standard InChI is InChI=1S/C30H30ClN5O2S/c1-18-8-10-21(11-9-18)35-19(2)15-23(20(35)3)29-28(26-7-5-6-14-32-26)34-30(39)36(29)22-12-13-25(24(31)16-22)33-27(37)17-38-4/h5-16,28-29H,17H2,1-4H3,(H,33,37)(H,34,39). The van der Waals surface area contributed by atoms with Crippen LogP contribution >= 0.6 is 23.8 Å². The van der Waals surface area contributed by atoms with Crippen molar-refractivity contribution in [3.63, 3.8) is 0 Å². The first-order valence-corrected chi connectivity index (χ1v) is 13.4. The maximum Gasteiger partial charge on any atom is 0.250 e. The molecular formula is C30H30ClN5O2S. The molecule has 0 saturated carbocycles. The number of rotatable bonds is 7. The molecule has 1 aliphatic heterocycles. The number of thiocarbonyl (C=S) groups is 1. The number of anilines is 2. The first-order valence-electron chi connectivity index (χ1n) is 12.6. The predicted molar refractivity (Wildman–Crippen MR) is 160 cm³/mol. The van der Waals surface area contributed by atoms with Gasteiger partial charge in [0, 0.05) is 36.1 Å². The van der Waals surface area contributed by atoms with Gasteiger partial charge in [0.15, 0.2) is 5.11 Å². The molecule has 2 unspecified atom stereocenters. The lowest BCUT2D eigenvalue weighted by molar-refractivity contribution is -0.119. The quantitative estimate of drug-likeness (QED) is 0.262. The normalized spacial score (nSPS) is 16.8. The molecule has 0 aliphatic carbocycles. The number of aromatic nitrogens is 2. The maximum absolute atomic E-state index is 12.1. The zero-order chi connectivity index (χ0) is 27.7. The van der Waals surface area contributed by atoms with Crippen LogP contribution in [0.4, 0.5) is 11.4 Å². The van der Waals surface area contributed by atoms with E-state index in [9.17, 15) is 4.79 Å². The highest BCUT2D eigenvalue weighted by Gasteiger charge is 2.42. The van der Waals surface area contributed by atoms with Gasteiger partial charge < -0.3 is 24.8 Å². The molecule has 2 aromatic carbocycles. The first-order chi connectivity index (χ1) is 18.8. The van der Waals surface area contributed by atoms with Gasteiger partial charge in [0.1, 0.15) is 6.61 Å². The number of nitrogens with zero attached hydrogens (tertiary/aromatic N) is 3. The van der Waals surface area contributed by atoms with Gasteiger partial charge in [-0.1, -0.05) is 35.4 Å². The molecule has 1 aliphatic rings. The Balaban J connectivity index is 1.60. The minimum absolute atomic E-state index is 0.0529. The van der Waals surface area contributed by atoms with Gasteiger partial charge in [-0.15, -0.1) is 0 Å². The summed E-state index contributed by atoms with van der Waals surface area (Å²) in [5.74, 6) is -0.276. The SMILES string of the molecule is COCC(=O)Nc1ccc(N2C(=S)NC(c3ccccn3)C2c2cc(C)n(-c3ccc(C)cc3)c2C)cc1Cl. The lowest BCUT2D eigenvalue weighted by Gasteiger charge is -2.28. The molecule has 200 valence electrons. The van der Waals surface area contributed by atoms with Crippen LogP contribution in [0.1, 0.15) is 40.3 Å². The van der Waals surface area contributed by atoms with Gasteiger partial charge in [-0.25, -0.2) is 0 Å². The van der Waals surface area contributed by atoms with Crippen LogP contribution in [0.15, 0.2) is 72.9 Å². The summed E-state index contributed by atoms with van der Waals surface area (Å²) in [4.78, 5) is 18.8. The van der Waals surface area contributed by atoms with Crippen molar-refractivity contribution in [2.24, 2.45) is 0 Å². The number of ether oxygens (including phenoxy) is 1. The highest BCUT2D eigenvalue weighted by molar-refractivity contribution is 7.80. The zero-order valence-electron chi connectivity index (χ0n) is 22.2. The Labute approximate surface area is 238 Å². The van der Waals surface area contributed by atoms with Crippen LogP contribution in [0.5, 0.6) is 0 Å². The Hall–Kier alpha value is -3.72. The Morgan fingerprint density at radius 1 is 1.08 bits per heavy atom. The van der Waals surface area contributed by atoms with E-state index in [1.165, 1.54) is 12.7 Å². The summed E-state index contributed by atoms with van der Waals surface area (Å²) in [7, 11) is 1.47. The van der Waals surface area contributed by atoms with Crippen LogP contribution in [0.3, 0.4) is 0 Å². The summed E-state index contributed by atoms with van der Waals surface area (Å²) >= 11 is 12.5. The van der Waals surface area contributed by atoms with E-state index >= 15 is 0 Å². The predicted octanol–water partition coefficient (Wildman–Crippen LogP) is 6.21. The highest BCUT2D eigenvalue weighted by atomic mass is 35.5. The number of methoxy groups -OCH3 is 1. The van der Waals surface area contributed by atoms with Gasteiger partial charge in [0.05, 0.1) is 28.5 Å². The Morgan fingerprint density at radius 2 is 1.82 bits per heavy atom. The molecule has 39 heavy (non-hydrogen) atoms. The van der Waals surface area contributed by atoms with Crippen LogP contribution in [-0.4, -0.2) is 34.3 Å². The second kappa shape index (κ2) is 11.2. The van der Waals surface area contributed by atoms with Gasteiger partial charge in [0.25, 0.3) is 0 Å². The van der Waals surface area contributed by atoms with E-state index in [1.54, 1.807) is 12.3 Å². The smallest absolute Gasteiger partial charge is 0.250 e. The number of nitrogens with one attached hydrogen (secondary N) is 2. The first kappa shape index (κ1) is 26.9. The molecule has 4 aromatic rings. The monoisotopic (exact) mass is 559 g/mol. The van der Waals surface area contributed by atoms with Gasteiger partial charge in [-0.3, -0.25) is 9.78 Å². The van der Waals surface area contributed by atoms with Crippen molar-refractivity contribution in [1.29, 1.82) is 0 Å². The number of carbonyl (C=O) groups excluding carboxylic acids is 1. The molecule has 0 spiro atoms. The van der Waals surface area contributed by atoms with Crippen LogP contribution in [0.2, 0.25) is 5.02 Å². The van der Waals surface area contributed by atoms with Crippen LogP contribution in [0.25, 0.3) is 5.69 Å². The number of pyridine rings is 1. The van der Waals surface area contributed by atoms with E-state index in [0.717, 1.165) is 34.0 Å². The van der Waals surface area contributed by atoms with Crippen molar-refractivity contribution in [2.45, 2.75) is 32.9 Å². The number of hydrogen-bond acceptors (Lipinski definition) is 4. The van der Waals surface area contributed by atoms with Crippen LogP contribution in [0, 0.1) is 20.8 Å². The Morgan fingerprint density at radius 3 is 2.49 bits per heavy atom. The molecule has 3 heterocycles. The van der Waals surface area contributed by atoms with E-state index in [4.69, 9.17) is 28.6 Å². The number of amides is 1. The van der Waals surface area contributed by atoms with E-state index in [-0.39, 0.29) is 24.6 Å². The van der Waals surface area contributed by atoms with Crippen molar-refractivity contribution in [2.75, 3.05) is 23.9 Å². The molecular weight excluding hydrogens is 530 g/mol. The van der Waals surface area contributed by atoms with E-state index in [2.05, 4.69) is 76.2 Å². The molecule has 0 radical (unpaired) electrons.